The van der Waals surface area contributed by atoms with E-state index in [4.69, 9.17) is 0 Å². The van der Waals surface area contributed by atoms with Gasteiger partial charge in [-0.25, -0.2) is 4.98 Å². The first-order chi connectivity index (χ1) is 6.80. The number of rotatable bonds is 1. The van der Waals surface area contributed by atoms with Crippen molar-refractivity contribution < 1.29 is 18.0 Å². The highest BCUT2D eigenvalue weighted by molar-refractivity contribution is 14.1. The monoisotopic (exact) mass is 330 g/mol. The van der Waals surface area contributed by atoms with Gasteiger partial charge in [-0.1, -0.05) is 0 Å². The topological polar surface area (TPSA) is 42.0 Å². The molecule has 0 aliphatic carbocycles. The molecular weight excluding hydrogens is 324 g/mol. The van der Waals surface area contributed by atoms with Gasteiger partial charge in [-0.05, 0) is 41.6 Å². The van der Waals surface area contributed by atoms with Crippen molar-refractivity contribution in [3.8, 4) is 0 Å². The molecule has 3 nitrogen and oxygen atoms in total. The van der Waals surface area contributed by atoms with Gasteiger partial charge in [0.25, 0.3) is 0 Å². The summed E-state index contributed by atoms with van der Waals surface area (Å²) < 4.78 is 36.4. The first-order valence-electron chi connectivity index (χ1n) is 3.82. The molecule has 0 atom stereocenters. The molecule has 1 N–H and O–H groups in total. The van der Waals surface area contributed by atoms with Crippen LogP contribution < -0.4 is 5.32 Å². The van der Waals surface area contributed by atoms with Crippen molar-refractivity contribution in [2.24, 2.45) is 0 Å². The van der Waals surface area contributed by atoms with Crippen LogP contribution in [0.15, 0.2) is 12.1 Å². The van der Waals surface area contributed by atoms with Gasteiger partial charge in [0.1, 0.15) is 5.82 Å². The van der Waals surface area contributed by atoms with Crippen LogP contribution in [-0.2, 0) is 4.79 Å². The molecule has 82 valence electrons. The molecule has 1 aromatic rings. The van der Waals surface area contributed by atoms with Gasteiger partial charge in [0.15, 0.2) is 0 Å². The summed E-state index contributed by atoms with van der Waals surface area (Å²) in [6.45, 7) is 1.64. The fourth-order valence-electron chi connectivity index (χ4n) is 0.801. The Balaban J connectivity index is 2.83. The summed E-state index contributed by atoms with van der Waals surface area (Å²) in [5, 5.41) is 1.67. The highest BCUT2D eigenvalue weighted by atomic mass is 127. The van der Waals surface area contributed by atoms with Crippen LogP contribution in [0.25, 0.3) is 0 Å². The van der Waals surface area contributed by atoms with Crippen molar-refractivity contribution >= 4 is 34.3 Å². The van der Waals surface area contributed by atoms with E-state index >= 15 is 0 Å². The summed E-state index contributed by atoms with van der Waals surface area (Å²) in [5.74, 6) is -2.12. The van der Waals surface area contributed by atoms with Crippen LogP contribution in [0.5, 0.6) is 0 Å². The third-order valence-electron chi connectivity index (χ3n) is 1.52. The van der Waals surface area contributed by atoms with Gasteiger partial charge in [-0.2, -0.15) is 13.2 Å². The number of carbonyl (C=O) groups excluding carboxylic acids is 1. The van der Waals surface area contributed by atoms with E-state index in [2.05, 4.69) is 4.98 Å². The zero-order valence-corrected chi connectivity index (χ0v) is 9.68. The Morgan fingerprint density at radius 1 is 1.47 bits per heavy atom. The van der Waals surface area contributed by atoms with Gasteiger partial charge in [-0.3, -0.25) is 4.79 Å². The Bertz CT molecular complexity index is 392. The predicted molar refractivity (Wildman–Crippen MR) is 56.4 cm³/mol. The summed E-state index contributed by atoms with van der Waals surface area (Å²) in [6.07, 6.45) is -4.89. The van der Waals surface area contributed by atoms with Crippen LogP contribution in [0.1, 0.15) is 5.69 Å². The van der Waals surface area contributed by atoms with Crippen LogP contribution in [-0.4, -0.2) is 17.1 Å². The average Bonchev–Trinajstić information content (AvgIpc) is 2.10. The number of halogens is 4. The van der Waals surface area contributed by atoms with E-state index in [0.717, 1.165) is 3.57 Å². The molecule has 1 aromatic heterocycles. The van der Waals surface area contributed by atoms with Crippen molar-refractivity contribution in [3.05, 3.63) is 21.4 Å². The van der Waals surface area contributed by atoms with Gasteiger partial charge in [-0.15, -0.1) is 0 Å². The van der Waals surface area contributed by atoms with E-state index in [-0.39, 0.29) is 5.82 Å². The lowest BCUT2D eigenvalue weighted by atomic mass is 10.3. The Labute approximate surface area is 97.2 Å². The van der Waals surface area contributed by atoms with Crippen molar-refractivity contribution in [1.29, 1.82) is 0 Å². The second kappa shape index (κ2) is 4.33. The van der Waals surface area contributed by atoms with Gasteiger partial charge in [0.05, 0.1) is 5.69 Å². The Kier molecular flexibility index (Phi) is 3.53. The lowest BCUT2D eigenvalue weighted by molar-refractivity contribution is -0.167. The SMILES string of the molecule is Cc1nc(NC(=O)C(F)(F)F)ccc1I. The first kappa shape index (κ1) is 12.2. The molecule has 0 aliphatic heterocycles. The van der Waals surface area contributed by atoms with E-state index in [9.17, 15) is 18.0 Å². The van der Waals surface area contributed by atoms with E-state index < -0.39 is 12.1 Å². The molecule has 7 heteroatoms. The first-order valence-corrected chi connectivity index (χ1v) is 4.90. The van der Waals surface area contributed by atoms with Crippen LogP contribution >= 0.6 is 22.6 Å². The number of amides is 1. The number of pyridine rings is 1. The van der Waals surface area contributed by atoms with Crippen LogP contribution in [0.3, 0.4) is 0 Å². The third-order valence-corrected chi connectivity index (χ3v) is 2.66. The van der Waals surface area contributed by atoms with Gasteiger partial charge < -0.3 is 5.32 Å². The molecule has 0 saturated carbocycles. The Morgan fingerprint density at radius 3 is 2.53 bits per heavy atom. The molecule has 0 spiro atoms. The summed E-state index contributed by atoms with van der Waals surface area (Å²) >= 11 is 1.99. The Hall–Kier alpha value is -0.860. The molecule has 0 fully saturated rings. The van der Waals surface area contributed by atoms with Crippen molar-refractivity contribution in [2.45, 2.75) is 13.1 Å². The summed E-state index contributed by atoms with van der Waals surface area (Å²) in [7, 11) is 0. The smallest absolute Gasteiger partial charge is 0.303 e. The second-order valence-electron chi connectivity index (χ2n) is 2.72. The van der Waals surface area contributed by atoms with Crippen LogP contribution in [0.4, 0.5) is 19.0 Å². The number of aromatic nitrogens is 1. The number of hydrogen-bond acceptors (Lipinski definition) is 2. The second-order valence-corrected chi connectivity index (χ2v) is 3.88. The fourth-order valence-corrected chi connectivity index (χ4v) is 1.10. The lowest BCUT2D eigenvalue weighted by Crippen LogP contribution is -2.30. The molecule has 15 heavy (non-hydrogen) atoms. The molecule has 1 amide bonds. The van der Waals surface area contributed by atoms with E-state index in [1.54, 1.807) is 18.3 Å². The highest BCUT2D eigenvalue weighted by Gasteiger charge is 2.38. The number of aryl methyl sites for hydroxylation is 1. The zero-order chi connectivity index (χ0) is 11.6. The van der Waals surface area contributed by atoms with Crippen molar-refractivity contribution in [1.82, 2.24) is 4.98 Å². The maximum Gasteiger partial charge on any atom is 0.471 e. The molecule has 1 heterocycles. The average molecular weight is 330 g/mol. The minimum Gasteiger partial charge on any atom is -0.303 e. The van der Waals surface area contributed by atoms with Crippen molar-refractivity contribution in [3.63, 3.8) is 0 Å². The fraction of sp³-hybridized carbons (Fsp3) is 0.250. The number of alkyl halides is 3. The van der Waals surface area contributed by atoms with E-state index in [0.29, 0.717) is 5.69 Å². The maximum absolute atomic E-state index is 11.9. The quantitative estimate of drug-likeness (QED) is 0.804. The Morgan fingerprint density at radius 2 is 2.07 bits per heavy atom. The van der Waals surface area contributed by atoms with Gasteiger partial charge in [0.2, 0.25) is 0 Å². The van der Waals surface area contributed by atoms with E-state index in [1.807, 2.05) is 22.6 Å². The molecule has 0 saturated heterocycles. The largest absolute Gasteiger partial charge is 0.471 e. The normalized spacial score (nSPS) is 11.3. The third kappa shape index (κ3) is 3.33. The minimum absolute atomic E-state index is 0.102. The molecule has 0 aliphatic rings. The number of hydrogen-bond donors (Lipinski definition) is 1. The number of carbonyl (C=O) groups is 1. The van der Waals surface area contributed by atoms with Crippen LogP contribution in [0, 0.1) is 10.5 Å². The summed E-state index contributed by atoms with van der Waals surface area (Å²) in [5.41, 5.74) is 0.565. The molecule has 1 rings (SSSR count). The molecule has 0 aromatic carbocycles. The maximum atomic E-state index is 11.9. The number of anilines is 1. The van der Waals surface area contributed by atoms with Gasteiger partial charge in [0, 0.05) is 3.57 Å². The van der Waals surface area contributed by atoms with Crippen molar-refractivity contribution in [2.75, 3.05) is 5.32 Å². The number of nitrogens with one attached hydrogen (secondary N) is 1. The lowest BCUT2D eigenvalue weighted by Gasteiger charge is -2.07. The zero-order valence-electron chi connectivity index (χ0n) is 7.52. The van der Waals surface area contributed by atoms with Crippen LogP contribution in [0.2, 0.25) is 0 Å². The van der Waals surface area contributed by atoms with Gasteiger partial charge >= 0.3 is 12.1 Å². The highest BCUT2D eigenvalue weighted by Crippen LogP contribution is 2.18. The standard InChI is InChI=1S/C8H6F3IN2O/c1-4-5(12)2-3-6(13-4)14-7(15)8(9,10)11/h2-3H,1H3,(H,13,14,15). The van der Waals surface area contributed by atoms with E-state index in [1.165, 1.54) is 6.07 Å². The summed E-state index contributed by atoms with van der Waals surface area (Å²) in [6, 6.07) is 2.90. The molecule has 0 radical (unpaired) electrons. The predicted octanol–water partition coefficient (Wildman–Crippen LogP) is 2.50. The minimum atomic E-state index is -4.89. The molecule has 0 unspecified atom stereocenters. The molecule has 0 bridgehead atoms. The number of nitrogens with zero attached hydrogens (tertiary/aromatic N) is 1. The molecular formula is C8H6F3IN2O. The summed E-state index contributed by atoms with van der Waals surface area (Å²) in [4.78, 5) is 14.3.